The first-order valence-electron chi connectivity index (χ1n) is 5.08. The van der Waals surface area contributed by atoms with Crippen LogP contribution in [0.15, 0.2) is 42.6 Å². The van der Waals surface area contributed by atoms with Gasteiger partial charge in [-0.15, -0.1) is 0 Å². The van der Waals surface area contributed by atoms with Gasteiger partial charge in [-0.3, -0.25) is 4.98 Å². The Kier molecular flexibility index (Phi) is 11.4. The smallest absolute Gasteiger partial charge is 0.550 e. The number of pyridine rings is 1. The van der Waals surface area contributed by atoms with Crippen LogP contribution < -0.4 is 10.2 Å². The first-order valence-corrected chi connectivity index (χ1v) is 5.08. The van der Waals surface area contributed by atoms with Crippen molar-refractivity contribution in [1.82, 2.24) is 4.98 Å². The molecule has 19 heavy (non-hydrogen) atoms. The van der Waals surface area contributed by atoms with Gasteiger partial charge in [0.05, 0.1) is 5.52 Å². The van der Waals surface area contributed by atoms with Gasteiger partial charge in [0.2, 0.25) is 0 Å². The third kappa shape index (κ3) is 12.3. The summed E-state index contributed by atoms with van der Waals surface area (Å²) in [6, 6.07) is 12.1. The molecular weight excluding hydrogens is 293 g/mol. The molecule has 0 aliphatic heterocycles. The Morgan fingerprint density at radius 1 is 0.947 bits per heavy atom. The molecule has 0 unspecified atom stereocenters. The number of hydrogen-bond acceptors (Lipinski definition) is 5. The van der Waals surface area contributed by atoms with Crippen LogP contribution in [0, 0.1) is 0 Å². The third-order valence-corrected chi connectivity index (χ3v) is 1.51. The van der Waals surface area contributed by atoms with Gasteiger partial charge in [0, 0.05) is 23.5 Å². The molecule has 1 aromatic carbocycles. The summed E-state index contributed by atoms with van der Waals surface area (Å²) < 4.78 is 0. The SMILES string of the molecule is CC(=O)[O-].CC(=O)[O-].[Co+2].c1ccc2ncccc2c1. The molecule has 5 nitrogen and oxygen atoms in total. The van der Waals surface area contributed by atoms with Crippen molar-refractivity contribution in [3.8, 4) is 0 Å². The molecule has 0 bridgehead atoms. The second-order valence-electron chi connectivity index (χ2n) is 3.18. The topological polar surface area (TPSA) is 93.1 Å². The molecule has 1 radical (unpaired) electrons. The van der Waals surface area contributed by atoms with Crippen LogP contribution in [0.4, 0.5) is 0 Å². The zero-order valence-electron chi connectivity index (χ0n) is 10.5. The van der Waals surface area contributed by atoms with Crippen LogP contribution in [-0.4, -0.2) is 16.9 Å². The van der Waals surface area contributed by atoms with E-state index in [2.05, 4.69) is 17.1 Å². The van der Waals surface area contributed by atoms with Crippen molar-refractivity contribution in [2.45, 2.75) is 13.8 Å². The number of fused-ring (bicyclic) bond motifs is 1. The molecule has 1 aromatic heterocycles. The molecule has 0 saturated heterocycles. The number of carbonyl (C=O) groups is 2. The Labute approximate surface area is 121 Å². The maximum Gasteiger partial charge on any atom is 2.00 e. The summed E-state index contributed by atoms with van der Waals surface area (Å²) in [6.45, 7) is 1.94. The zero-order chi connectivity index (χ0) is 14.0. The number of carbonyl (C=O) groups excluding carboxylic acids is 2. The molecule has 1 heterocycles. The first kappa shape index (κ1) is 19.4. The van der Waals surface area contributed by atoms with Crippen LogP contribution in [-0.2, 0) is 26.4 Å². The molecule has 0 spiro atoms. The maximum absolute atomic E-state index is 8.89. The van der Waals surface area contributed by atoms with Crippen LogP contribution in [0.5, 0.6) is 0 Å². The number of rotatable bonds is 0. The predicted octanol–water partition coefficient (Wildman–Crippen LogP) is -0.255. The number of nitrogens with zero attached hydrogens (tertiary/aromatic N) is 1. The second-order valence-corrected chi connectivity index (χ2v) is 3.18. The van der Waals surface area contributed by atoms with Crippen LogP contribution >= 0.6 is 0 Å². The van der Waals surface area contributed by atoms with Gasteiger partial charge < -0.3 is 19.8 Å². The van der Waals surface area contributed by atoms with Gasteiger partial charge >= 0.3 is 16.8 Å². The minimum atomic E-state index is -1.08. The molecule has 0 amide bonds. The number of benzene rings is 1. The Balaban J connectivity index is 0. The predicted molar refractivity (Wildman–Crippen MR) is 63.1 cm³/mol. The number of aliphatic carboxylic acids is 2. The fourth-order valence-corrected chi connectivity index (χ4v) is 1.02. The zero-order valence-corrected chi connectivity index (χ0v) is 11.5. The normalized spacial score (nSPS) is 7.89. The standard InChI is InChI=1S/C9H7N.2C2H4O2.Co/c1-2-6-9-8(4-1)5-3-7-10-9;2*1-2(3)4;/h1-7H;2*1H3,(H,3,4);/q;;;+2/p-2. The van der Waals surface area contributed by atoms with Crippen molar-refractivity contribution in [3.05, 3.63) is 42.6 Å². The average Bonchev–Trinajstić information content (AvgIpc) is 2.28. The number of aromatic nitrogens is 1. The van der Waals surface area contributed by atoms with Crippen LogP contribution in [0.3, 0.4) is 0 Å². The number of carboxylic acid groups (broad SMARTS) is 2. The van der Waals surface area contributed by atoms with E-state index in [0.717, 1.165) is 19.4 Å². The summed E-state index contributed by atoms with van der Waals surface area (Å²) in [6.07, 6.45) is 1.81. The van der Waals surface area contributed by atoms with E-state index in [9.17, 15) is 0 Å². The minimum Gasteiger partial charge on any atom is -0.550 e. The molecule has 6 heteroatoms. The average molecular weight is 306 g/mol. The van der Waals surface area contributed by atoms with Crippen molar-refractivity contribution >= 4 is 22.8 Å². The van der Waals surface area contributed by atoms with Gasteiger partial charge in [0.15, 0.2) is 0 Å². The molecule has 0 atom stereocenters. The van der Waals surface area contributed by atoms with Gasteiger partial charge in [0.1, 0.15) is 0 Å². The van der Waals surface area contributed by atoms with Crippen molar-refractivity contribution in [1.29, 1.82) is 0 Å². The van der Waals surface area contributed by atoms with Crippen molar-refractivity contribution in [3.63, 3.8) is 0 Å². The summed E-state index contributed by atoms with van der Waals surface area (Å²) in [7, 11) is 0. The Hall–Kier alpha value is -1.92. The molecular formula is C13H13CoNO4. The van der Waals surface area contributed by atoms with Crippen LogP contribution in [0.25, 0.3) is 10.9 Å². The summed E-state index contributed by atoms with van der Waals surface area (Å²) in [5.74, 6) is -2.17. The molecule has 0 fully saturated rings. The maximum atomic E-state index is 8.89. The molecule has 2 rings (SSSR count). The van der Waals surface area contributed by atoms with E-state index in [1.807, 2.05) is 30.5 Å². The molecule has 0 aliphatic carbocycles. The Morgan fingerprint density at radius 2 is 1.37 bits per heavy atom. The third-order valence-electron chi connectivity index (χ3n) is 1.51. The summed E-state index contributed by atoms with van der Waals surface area (Å²) in [4.78, 5) is 22.0. The van der Waals surface area contributed by atoms with E-state index in [-0.39, 0.29) is 16.8 Å². The van der Waals surface area contributed by atoms with Crippen molar-refractivity contribution in [2.75, 3.05) is 0 Å². The molecule has 0 N–H and O–H groups in total. The number of para-hydroxylation sites is 1. The van der Waals surface area contributed by atoms with E-state index in [0.29, 0.717) is 0 Å². The summed E-state index contributed by atoms with van der Waals surface area (Å²) in [5.41, 5.74) is 1.06. The van der Waals surface area contributed by atoms with Crippen molar-refractivity contribution in [2.24, 2.45) is 0 Å². The first-order chi connectivity index (χ1) is 8.43. The number of carboxylic acids is 2. The summed E-state index contributed by atoms with van der Waals surface area (Å²) in [5, 5.41) is 19.0. The molecule has 0 aliphatic rings. The van der Waals surface area contributed by atoms with Gasteiger partial charge in [0.25, 0.3) is 0 Å². The van der Waals surface area contributed by atoms with Crippen LogP contribution in [0.1, 0.15) is 13.8 Å². The van der Waals surface area contributed by atoms with E-state index < -0.39 is 11.9 Å². The fraction of sp³-hybridized carbons (Fsp3) is 0.154. The molecule has 0 saturated carbocycles. The van der Waals surface area contributed by atoms with E-state index in [1.54, 1.807) is 0 Å². The second kappa shape index (κ2) is 11.2. The number of hydrogen-bond donors (Lipinski definition) is 0. The minimum absolute atomic E-state index is 0. The molecule has 103 valence electrons. The van der Waals surface area contributed by atoms with E-state index in [4.69, 9.17) is 19.8 Å². The molecule has 2 aromatic rings. The Bertz CT molecular complexity index is 431. The van der Waals surface area contributed by atoms with Gasteiger partial charge in [-0.25, -0.2) is 0 Å². The van der Waals surface area contributed by atoms with E-state index in [1.165, 1.54) is 5.39 Å². The van der Waals surface area contributed by atoms with Gasteiger partial charge in [-0.1, -0.05) is 24.3 Å². The van der Waals surface area contributed by atoms with Gasteiger partial charge in [-0.05, 0) is 26.0 Å². The quantitative estimate of drug-likeness (QED) is 0.669. The van der Waals surface area contributed by atoms with Crippen LogP contribution in [0.2, 0.25) is 0 Å². The summed E-state index contributed by atoms with van der Waals surface area (Å²) >= 11 is 0. The Morgan fingerprint density at radius 3 is 1.84 bits per heavy atom. The van der Waals surface area contributed by atoms with Crippen molar-refractivity contribution < 1.29 is 36.6 Å². The monoisotopic (exact) mass is 306 g/mol. The van der Waals surface area contributed by atoms with E-state index >= 15 is 0 Å². The largest absolute Gasteiger partial charge is 2.00 e. The van der Waals surface area contributed by atoms with Gasteiger partial charge in [-0.2, -0.15) is 0 Å². The fourth-order valence-electron chi connectivity index (χ4n) is 1.02.